The summed E-state index contributed by atoms with van der Waals surface area (Å²) < 4.78 is 0. The fourth-order valence-corrected chi connectivity index (χ4v) is 1.69. The Kier molecular flexibility index (Phi) is 5.70. The summed E-state index contributed by atoms with van der Waals surface area (Å²) in [4.78, 5) is 10.3. The van der Waals surface area contributed by atoms with Gasteiger partial charge in [-0.3, -0.25) is 4.79 Å². The molecule has 74 valence electrons. The molecule has 3 nitrogen and oxygen atoms in total. The maximum atomic E-state index is 10.3. The van der Waals surface area contributed by atoms with Crippen LogP contribution in [0.3, 0.4) is 0 Å². The summed E-state index contributed by atoms with van der Waals surface area (Å²) in [5.41, 5.74) is 6.71. The first kappa shape index (κ1) is 12.4. The zero-order valence-corrected chi connectivity index (χ0v) is 8.61. The number of carbonyl (C=O) groups is 1. The van der Waals surface area contributed by atoms with Gasteiger partial charge in [-0.05, 0) is 28.8 Å². The van der Waals surface area contributed by atoms with Crippen molar-refractivity contribution in [3.8, 4) is 0 Å². The van der Waals surface area contributed by atoms with Gasteiger partial charge in [-0.2, -0.15) is 11.3 Å². The molecule has 0 saturated carbocycles. The third-order valence-corrected chi connectivity index (χ3v) is 2.25. The van der Waals surface area contributed by atoms with Crippen molar-refractivity contribution in [2.75, 3.05) is 0 Å². The molecule has 0 radical (unpaired) electrons. The summed E-state index contributed by atoms with van der Waals surface area (Å²) >= 11 is 1.60. The quantitative estimate of drug-likeness (QED) is 0.810. The minimum absolute atomic E-state index is 0. The Balaban J connectivity index is 0.00000144. The van der Waals surface area contributed by atoms with Crippen LogP contribution >= 0.6 is 23.7 Å². The average Bonchev–Trinajstić information content (AvgIpc) is 2.37. The van der Waals surface area contributed by atoms with E-state index in [-0.39, 0.29) is 24.9 Å². The number of rotatable bonds is 4. The topological polar surface area (TPSA) is 63.3 Å². The summed E-state index contributed by atoms with van der Waals surface area (Å²) in [5.74, 6) is -0.835. The molecular weight excluding hydrogens is 210 g/mol. The lowest BCUT2D eigenvalue weighted by Gasteiger charge is -2.05. The van der Waals surface area contributed by atoms with Crippen LogP contribution in [0.15, 0.2) is 16.8 Å². The summed E-state index contributed by atoms with van der Waals surface area (Å²) in [6.45, 7) is 0. The third-order valence-electron chi connectivity index (χ3n) is 1.51. The molecule has 0 unspecified atom stereocenters. The first-order valence-corrected chi connectivity index (χ1v) is 4.61. The van der Waals surface area contributed by atoms with E-state index in [1.54, 1.807) is 11.3 Å². The molecule has 0 amide bonds. The number of nitrogens with two attached hydrogens (primary N) is 1. The Labute approximate surface area is 87.0 Å². The Morgan fingerprint density at radius 3 is 2.85 bits per heavy atom. The van der Waals surface area contributed by atoms with E-state index in [1.165, 1.54) is 0 Å². The van der Waals surface area contributed by atoms with Crippen molar-refractivity contribution in [2.24, 2.45) is 5.73 Å². The van der Waals surface area contributed by atoms with Crippen molar-refractivity contribution in [1.82, 2.24) is 0 Å². The monoisotopic (exact) mass is 221 g/mol. The van der Waals surface area contributed by atoms with E-state index < -0.39 is 5.97 Å². The summed E-state index contributed by atoms with van der Waals surface area (Å²) in [6, 6.07) is 1.70. The fourth-order valence-electron chi connectivity index (χ4n) is 1.01. The molecule has 1 aromatic rings. The van der Waals surface area contributed by atoms with E-state index in [0.717, 1.165) is 5.56 Å². The molecule has 13 heavy (non-hydrogen) atoms. The number of thiophene rings is 1. The summed E-state index contributed by atoms with van der Waals surface area (Å²) in [6.07, 6.45) is 0.686. The van der Waals surface area contributed by atoms with Gasteiger partial charge in [-0.15, -0.1) is 12.4 Å². The molecule has 0 fully saturated rings. The van der Waals surface area contributed by atoms with Crippen LogP contribution in [0.2, 0.25) is 0 Å². The lowest BCUT2D eigenvalue weighted by Crippen LogP contribution is -2.25. The first-order valence-electron chi connectivity index (χ1n) is 3.67. The first-order chi connectivity index (χ1) is 5.68. The summed E-state index contributed by atoms with van der Waals surface area (Å²) in [5, 5.41) is 12.4. The summed E-state index contributed by atoms with van der Waals surface area (Å²) in [7, 11) is 0. The Hall–Kier alpha value is -0.580. The molecule has 0 aliphatic rings. The molecule has 1 rings (SSSR count). The van der Waals surface area contributed by atoms with E-state index in [1.807, 2.05) is 16.8 Å². The molecule has 3 N–H and O–H groups in total. The van der Waals surface area contributed by atoms with E-state index >= 15 is 0 Å². The van der Waals surface area contributed by atoms with Crippen LogP contribution in [-0.2, 0) is 11.2 Å². The Morgan fingerprint density at radius 1 is 1.69 bits per heavy atom. The highest BCUT2D eigenvalue weighted by Gasteiger charge is 2.08. The van der Waals surface area contributed by atoms with E-state index in [4.69, 9.17) is 10.8 Å². The molecule has 0 aliphatic carbocycles. The molecular formula is C8H12ClNO2S. The number of hydrogen-bond acceptors (Lipinski definition) is 3. The molecule has 1 heterocycles. The predicted molar refractivity (Wildman–Crippen MR) is 55.5 cm³/mol. The van der Waals surface area contributed by atoms with Gasteiger partial charge < -0.3 is 10.8 Å². The molecule has 0 aliphatic heterocycles. The van der Waals surface area contributed by atoms with Crippen molar-refractivity contribution in [1.29, 1.82) is 0 Å². The zero-order valence-electron chi connectivity index (χ0n) is 6.97. The van der Waals surface area contributed by atoms with Gasteiger partial charge in [-0.25, -0.2) is 0 Å². The Morgan fingerprint density at radius 2 is 2.38 bits per heavy atom. The van der Waals surface area contributed by atoms with Gasteiger partial charge in [0.1, 0.15) is 0 Å². The number of carboxylic acids is 1. The van der Waals surface area contributed by atoms with Crippen molar-refractivity contribution < 1.29 is 9.90 Å². The lowest BCUT2D eigenvalue weighted by molar-refractivity contribution is -0.137. The minimum Gasteiger partial charge on any atom is -0.481 e. The number of hydrogen-bond donors (Lipinski definition) is 2. The standard InChI is InChI=1S/C8H11NO2S.ClH/c9-7(4-8(10)11)3-6-1-2-12-5-6;/h1-2,5,7H,3-4,9H2,(H,10,11);1H/t7-;/m0./s1. The number of aliphatic carboxylic acids is 1. The van der Waals surface area contributed by atoms with Crippen LogP contribution in [-0.4, -0.2) is 17.1 Å². The van der Waals surface area contributed by atoms with Crippen molar-refractivity contribution in [2.45, 2.75) is 18.9 Å². The second-order valence-corrected chi connectivity index (χ2v) is 3.47. The SMILES string of the molecule is Cl.N[C@H](CC(=O)O)Cc1ccsc1. The Bertz CT molecular complexity index is 251. The molecule has 0 aromatic carbocycles. The van der Waals surface area contributed by atoms with Gasteiger partial charge in [0, 0.05) is 6.04 Å². The predicted octanol–water partition coefficient (Wildman–Crippen LogP) is 1.51. The maximum Gasteiger partial charge on any atom is 0.304 e. The van der Waals surface area contributed by atoms with Crippen molar-refractivity contribution in [3.05, 3.63) is 22.4 Å². The average molecular weight is 222 g/mol. The molecule has 0 saturated heterocycles. The largest absolute Gasteiger partial charge is 0.481 e. The lowest BCUT2D eigenvalue weighted by atomic mass is 10.1. The van der Waals surface area contributed by atoms with E-state index in [9.17, 15) is 4.79 Å². The third kappa shape index (κ3) is 4.87. The van der Waals surface area contributed by atoms with Crippen LogP contribution in [0.25, 0.3) is 0 Å². The molecule has 0 spiro atoms. The second kappa shape index (κ2) is 5.96. The van der Waals surface area contributed by atoms with Gasteiger partial charge in [0.05, 0.1) is 6.42 Å². The van der Waals surface area contributed by atoms with Crippen molar-refractivity contribution in [3.63, 3.8) is 0 Å². The fraction of sp³-hybridized carbons (Fsp3) is 0.375. The smallest absolute Gasteiger partial charge is 0.304 e. The molecule has 1 atom stereocenters. The van der Waals surface area contributed by atoms with Crippen LogP contribution < -0.4 is 5.73 Å². The van der Waals surface area contributed by atoms with Gasteiger partial charge in [0.25, 0.3) is 0 Å². The van der Waals surface area contributed by atoms with Gasteiger partial charge in [0.15, 0.2) is 0 Å². The normalized spacial score (nSPS) is 11.8. The maximum absolute atomic E-state index is 10.3. The van der Waals surface area contributed by atoms with Gasteiger partial charge in [0.2, 0.25) is 0 Å². The van der Waals surface area contributed by atoms with E-state index in [0.29, 0.717) is 6.42 Å². The minimum atomic E-state index is -0.835. The highest BCUT2D eigenvalue weighted by atomic mass is 35.5. The van der Waals surface area contributed by atoms with Crippen LogP contribution in [0, 0.1) is 0 Å². The van der Waals surface area contributed by atoms with E-state index in [2.05, 4.69) is 0 Å². The number of halogens is 1. The zero-order chi connectivity index (χ0) is 8.97. The highest BCUT2D eigenvalue weighted by Crippen LogP contribution is 2.08. The van der Waals surface area contributed by atoms with Gasteiger partial charge in [-0.1, -0.05) is 0 Å². The molecule has 5 heteroatoms. The van der Waals surface area contributed by atoms with Crippen LogP contribution in [0.1, 0.15) is 12.0 Å². The molecule has 0 bridgehead atoms. The van der Waals surface area contributed by atoms with Crippen LogP contribution in [0.5, 0.6) is 0 Å². The highest BCUT2D eigenvalue weighted by molar-refractivity contribution is 7.07. The number of carboxylic acid groups (broad SMARTS) is 1. The van der Waals surface area contributed by atoms with Gasteiger partial charge >= 0.3 is 5.97 Å². The molecule has 1 aromatic heterocycles. The van der Waals surface area contributed by atoms with Crippen molar-refractivity contribution >= 4 is 29.7 Å². The second-order valence-electron chi connectivity index (χ2n) is 2.69. The van der Waals surface area contributed by atoms with Crippen LogP contribution in [0.4, 0.5) is 0 Å².